The highest BCUT2D eigenvalue weighted by Gasteiger charge is 2.06. The van der Waals surface area contributed by atoms with Crippen LogP contribution >= 0.6 is 12.2 Å². The summed E-state index contributed by atoms with van der Waals surface area (Å²) >= 11 is 4.81. The zero-order chi connectivity index (χ0) is 12.3. The molecule has 0 fully saturated rings. The first kappa shape index (κ1) is 11.4. The minimum atomic E-state index is -0.229. The Morgan fingerprint density at radius 3 is 2.71 bits per heavy atom. The molecule has 2 aromatic heterocycles. The third-order valence-corrected chi connectivity index (χ3v) is 2.44. The Morgan fingerprint density at radius 1 is 1.35 bits per heavy atom. The van der Waals surface area contributed by atoms with Crippen LogP contribution in [0.2, 0.25) is 0 Å². The largest absolute Gasteiger partial charge is 0.389 e. The van der Waals surface area contributed by atoms with Gasteiger partial charge in [-0.05, 0) is 18.2 Å². The molecule has 0 aliphatic rings. The maximum absolute atomic E-state index is 12.0. The minimum Gasteiger partial charge on any atom is -0.389 e. The average Bonchev–Trinajstić information content (AvgIpc) is 2.33. The van der Waals surface area contributed by atoms with E-state index in [1.54, 1.807) is 36.8 Å². The molecule has 0 saturated carbocycles. The second-order valence-corrected chi connectivity index (χ2v) is 3.82. The Balaban J connectivity index is 2.38. The Kier molecular flexibility index (Phi) is 3.24. The number of nitrogens with zero attached hydrogens (tertiary/aromatic N) is 3. The van der Waals surface area contributed by atoms with Gasteiger partial charge in [-0.1, -0.05) is 12.2 Å². The average molecular weight is 246 g/mol. The van der Waals surface area contributed by atoms with Crippen molar-refractivity contribution in [1.82, 2.24) is 14.5 Å². The molecule has 0 aliphatic carbocycles. The van der Waals surface area contributed by atoms with Gasteiger partial charge in [0.25, 0.3) is 5.56 Å². The van der Waals surface area contributed by atoms with E-state index in [0.29, 0.717) is 17.9 Å². The van der Waals surface area contributed by atoms with Crippen molar-refractivity contribution in [3.05, 3.63) is 58.5 Å². The zero-order valence-electron chi connectivity index (χ0n) is 8.91. The summed E-state index contributed by atoms with van der Waals surface area (Å²) in [4.78, 5) is 20.2. The number of hydrogen-bond acceptors (Lipinski definition) is 4. The SMILES string of the molecule is NC(=S)c1cccn(Cc2ncccn2)c1=O. The molecule has 0 spiro atoms. The lowest BCUT2D eigenvalue weighted by molar-refractivity contribution is 0.713. The first-order valence-corrected chi connectivity index (χ1v) is 5.34. The van der Waals surface area contributed by atoms with Gasteiger partial charge < -0.3 is 10.3 Å². The van der Waals surface area contributed by atoms with Crippen molar-refractivity contribution >= 4 is 17.2 Å². The van der Waals surface area contributed by atoms with Crippen LogP contribution in [0.4, 0.5) is 0 Å². The van der Waals surface area contributed by atoms with E-state index in [0.717, 1.165) is 0 Å². The van der Waals surface area contributed by atoms with Crippen molar-refractivity contribution in [3.63, 3.8) is 0 Å². The van der Waals surface area contributed by atoms with Crippen LogP contribution in [0.25, 0.3) is 0 Å². The molecular weight excluding hydrogens is 236 g/mol. The number of nitrogens with two attached hydrogens (primary N) is 1. The molecule has 0 bridgehead atoms. The highest BCUT2D eigenvalue weighted by molar-refractivity contribution is 7.80. The second-order valence-electron chi connectivity index (χ2n) is 3.38. The van der Waals surface area contributed by atoms with Crippen LogP contribution in [0.15, 0.2) is 41.6 Å². The maximum atomic E-state index is 12.0. The Hall–Kier alpha value is -2.08. The quantitative estimate of drug-likeness (QED) is 0.790. The van der Waals surface area contributed by atoms with Gasteiger partial charge >= 0.3 is 0 Å². The molecule has 2 N–H and O–H groups in total. The zero-order valence-corrected chi connectivity index (χ0v) is 9.72. The monoisotopic (exact) mass is 246 g/mol. The molecule has 0 radical (unpaired) electrons. The number of thiocarbonyl (C=S) groups is 1. The highest BCUT2D eigenvalue weighted by atomic mass is 32.1. The van der Waals surface area contributed by atoms with Gasteiger partial charge in [-0.2, -0.15) is 0 Å². The third kappa shape index (κ3) is 2.54. The maximum Gasteiger partial charge on any atom is 0.261 e. The molecule has 6 heteroatoms. The topological polar surface area (TPSA) is 73.8 Å². The first-order valence-electron chi connectivity index (χ1n) is 4.93. The molecule has 86 valence electrons. The number of pyridine rings is 1. The van der Waals surface area contributed by atoms with E-state index in [2.05, 4.69) is 9.97 Å². The van der Waals surface area contributed by atoms with Crippen LogP contribution in [0.3, 0.4) is 0 Å². The summed E-state index contributed by atoms with van der Waals surface area (Å²) in [6.07, 6.45) is 4.91. The predicted octanol–water partition coefficient (Wildman–Crippen LogP) is 0.321. The van der Waals surface area contributed by atoms with Gasteiger partial charge in [0.15, 0.2) is 0 Å². The number of rotatable bonds is 3. The molecular formula is C11H10N4OS. The summed E-state index contributed by atoms with van der Waals surface area (Å²) in [5.74, 6) is 0.565. The van der Waals surface area contributed by atoms with Gasteiger partial charge in [0.1, 0.15) is 10.8 Å². The van der Waals surface area contributed by atoms with E-state index in [1.165, 1.54) is 4.57 Å². The summed E-state index contributed by atoms with van der Waals surface area (Å²) in [5.41, 5.74) is 5.57. The molecule has 0 amide bonds. The van der Waals surface area contributed by atoms with E-state index < -0.39 is 0 Å². The minimum absolute atomic E-state index is 0.0957. The van der Waals surface area contributed by atoms with Crippen LogP contribution in [-0.2, 0) is 6.54 Å². The van der Waals surface area contributed by atoms with Gasteiger partial charge in [-0.15, -0.1) is 0 Å². The predicted molar refractivity (Wildman–Crippen MR) is 67.7 cm³/mol. The Bertz CT molecular complexity index is 594. The summed E-state index contributed by atoms with van der Waals surface area (Å²) < 4.78 is 1.48. The molecule has 5 nitrogen and oxygen atoms in total. The third-order valence-electron chi connectivity index (χ3n) is 2.22. The fourth-order valence-electron chi connectivity index (χ4n) is 1.41. The molecule has 2 aromatic rings. The standard InChI is InChI=1S/C11H10N4OS/c12-10(17)8-3-1-6-15(11(8)16)7-9-13-4-2-5-14-9/h1-6H,7H2,(H2,12,17). The van der Waals surface area contributed by atoms with Crippen LogP contribution < -0.4 is 11.3 Å². The molecule has 0 atom stereocenters. The molecule has 17 heavy (non-hydrogen) atoms. The molecule has 2 heterocycles. The smallest absolute Gasteiger partial charge is 0.261 e. The van der Waals surface area contributed by atoms with Crippen molar-refractivity contribution in [1.29, 1.82) is 0 Å². The summed E-state index contributed by atoms with van der Waals surface area (Å²) in [7, 11) is 0. The van der Waals surface area contributed by atoms with Gasteiger partial charge in [0, 0.05) is 18.6 Å². The lowest BCUT2D eigenvalue weighted by atomic mass is 10.3. The normalized spacial score (nSPS) is 10.1. The van der Waals surface area contributed by atoms with Crippen LogP contribution in [-0.4, -0.2) is 19.5 Å². The molecule has 0 aliphatic heterocycles. The van der Waals surface area contributed by atoms with Crippen LogP contribution in [0.1, 0.15) is 11.4 Å². The molecule has 0 aromatic carbocycles. The Morgan fingerprint density at radius 2 is 2.06 bits per heavy atom. The second kappa shape index (κ2) is 4.84. The Labute approximate surface area is 103 Å². The van der Waals surface area contributed by atoms with E-state index in [-0.39, 0.29) is 10.5 Å². The molecule has 0 saturated heterocycles. The highest BCUT2D eigenvalue weighted by Crippen LogP contribution is 1.95. The molecule has 0 unspecified atom stereocenters. The van der Waals surface area contributed by atoms with Crippen molar-refractivity contribution in [2.24, 2.45) is 5.73 Å². The van der Waals surface area contributed by atoms with Gasteiger partial charge in [0.05, 0.1) is 12.1 Å². The summed E-state index contributed by atoms with van der Waals surface area (Å²) in [5, 5.41) is 0. The molecule has 2 rings (SSSR count). The van der Waals surface area contributed by atoms with Crippen LogP contribution in [0.5, 0.6) is 0 Å². The number of aromatic nitrogens is 3. The van der Waals surface area contributed by atoms with Crippen molar-refractivity contribution < 1.29 is 0 Å². The fraction of sp³-hybridized carbons (Fsp3) is 0.0909. The van der Waals surface area contributed by atoms with Gasteiger partial charge in [-0.25, -0.2) is 9.97 Å². The van der Waals surface area contributed by atoms with Crippen LogP contribution in [0, 0.1) is 0 Å². The van der Waals surface area contributed by atoms with E-state index in [9.17, 15) is 4.79 Å². The summed E-state index contributed by atoms with van der Waals surface area (Å²) in [6.45, 7) is 0.302. The lowest BCUT2D eigenvalue weighted by Gasteiger charge is -2.05. The van der Waals surface area contributed by atoms with E-state index >= 15 is 0 Å². The van der Waals surface area contributed by atoms with Gasteiger partial charge in [0.2, 0.25) is 0 Å². The lowest BCUT2D eigenvalue weighted by Crippen LogP contribution is -2.29. The first-order chi connectivity index (χ1) is 8.18. The van der Waals surface area contributed by atoms with Crippen molar-refractivity contribution in [2.75, 3.05) is 0 Å². The van der Waals surface area contributed by atoms with Gasteiger partial charge in [-0.3, -0.25) is 4.79 Å². The van der Waals surface area contributed by atoms with E-state index in [1.807, 2.05) is 0 Å². The van der Waals surface area contributed by atoms with E-state index in [4.69, 9.17) is 18.0 Å². The summed E-state index contributed by atoms with van der Waals surface area (Å²) in [6, 6.07) is 5.05. The fourth-order valence-corrected chi connectivity index (χ4v) is 1.57. The van der Waals surface area contributed by atoms with Crippen molar-refractivity contribution in [3.8, 4) is 0 Å². The number of hydrogen-bond donors (Lipinski definition) is 1. The van der Waals surface area contributed by atoms with Crippen molar-refractivity contribution in [2.45, 2.75) is 6.54 Å².